The molecular formula is C13H19NO2. The van der Waals surface area contributed by atoms with E-state index in [0.717, 1.165) is 19.3 Å². The summed E-state index contributed by atoms with van der Waals surface area (Å²) in [6.07, 6.45) is 3.34. The summed E-state index contributed by atoms with van der Waals surface area (Å²) in [6.45, 7) is 0.577. The zero-order valence-electron chi connectivity index (χ0n) is 9.74. The third-order valence-electron chi connectivity index (χ3n) is 2.64. The van der Waals surface area contributed by atoms with Crippen LogP contribution < -0.4 is 5.73 Å². The smallest absolute Gasteiger partial charge is 0.305 e. The van der Waals surface area contributed by atoms with Crippen LogP contribution >= 0.6 is 0 Å². The molecule has 1 aromatic carbocycles. The van der Waals surface area contributed by atoms with E-state index in [-0.39, 0.29) is 5.97 Å². The Hall–Kier alpha value is -1.35. The van der Waals surface area contributed by atoms with E-state index in [4.69, 9.17) is 5.73 Å². The van der Waals surface area contributed by atoms with E-state index in [1.807, 2.05) is 12.1 Å². The molecule has 0 aliphatic heterocycles. The third kappa shape index (κ3) is 4.03. The molecule has 0 aliphatic carbocycles. The van der Waals surface area contributed by atoms with Crippen LogP contribution in [-0.2, 0) is 22.5 Å². The van der Waals surface area contributed by atoms with Crippen molar-refractivity contribution in [3.63, 3.8) is 0 Å². The van der Waals surface area contributed by atoms with Gasteiger partial charge in [0.05, 0.1) is 7.11 Å². The zero-order valence-corrected chi connectivity index (χ0v) is 9.74. The predicted molar refractivity (Wildman–Crippen MR) is 63.9 cm³/mol. The van der Waals surface area contributed by atoms with Gasteiger partial charge < -0.3 is 10.5 Å². The van der Waals surface area contributed by atoms with E-state index in [1.165, 1.54) is 18.2 Å². The minimum atomic E-state index is -0.132. The van der Waals surface area contributed by atoms with Gasteiger partial charge in [0.15, 0.2) is 0 Å². The Balaban J connectivity index is 2.34. The van der Waals surface area contributed by atoms with Crippen LogP contribution in [0.3, 0.4) is 0 Å². The lowest BCUT2D eigenvalue weighted by Gasteiger charge is -2.06. The summed E-state index contributed by atoms with van der Waals surface area (Å²) in [7, 11) is 1.42. The molecule has 0 saturated heterocycles. The maximum Gasteiger partial charge on any atom is 0.305 e. The van der Waals surface area contributed by atoms with Gasteiger partial charge in [0.1, 0.15) is 0 Å². The Labute approximate surface area is 96.6 Å². The second-order valence-electron chi connectivity index (χ2n) is 3.76. The van der Waals surface area contributed by atoms with E-state index in [1.54, 1.807) is 0 Å². The second-order valence-corrected chi connectivity index (χ2v) is 3.76. The average Bonchev–Trinajstić information content (AvgIpc) is 2.34. The number of esters is 1. The molecule has 3 heteroatoms. The largest absolute Gasteiger partial charge is 0.469 e. The van der Waals surface area contributed by atoms with Crippen molar-refractivity contribution in [1.29, 1.82) is 0 Å². The molecule has 0 bridgehead atoms. The van der Waals surface area contributed by atoms with Crippen molar-refractivity contribution < 1.29 is 9.53 Å². The van der Waals surface area contributed by atoms with Crippen molar-refractivity contribution in [1.82, 2.24) is 0 Å². The van der Waals surface area contributed by atoms with Crippen LogP contribution in [0.1, 0.15) is 30.4 Å². The van der Waals surface area contributed by atoms with Crippen LogP contribution in [0, 0.1) is 0 Å². The highest BCUT2D eigenvalue weighted by Crippen LogP contribution is 2.12. The van der Waals surface area contributed by atoms with Gasteiger partial charge in [-0.05, 0) is 30.4 Å². The lowest BCUT2D eigenvalue weighted by atomic mass is 10.0. The summed E-state index contributed by atoms with van der Waals surface area (Å²) in [6, 6.07) is 8.17. The van der Waals surface area contributed by atoms with E-state index < -0.39 is 0 Å². The van der Waals surface area contributed by atoms with Crippen molar-refractivity contribution in [3.05, 3.63) is 35.4 Å². The molecule has 0 spiro atoms. The second kappa shape index (κ2) is 7.01. The Bertz CT molecular complexity index is 336. The molecule has 0 fully saturated rings. The fraction of sp³-hybridized carbons (Fsp3) is 0.462. The molecule has 0 unspecified atom stereocenters. The maximum absolute atomic E-state index is 10.9. The molecule has 1 rings (SSSR count). The van der Waals surface area contributed by atoms with Crippen LogP contribution in [0.25, 0.3) is 0 Å². The minimum Gasteiger partial charge on any atom is -0.469 e. The lowest BCUT2D eigenvalue weighted by Crippen LogP contribution is -2.02. The predicted octanol–water partition coefficient (Wildman–Crippen LogP) is 2.03. The number of carbonyl (C=O) groups excluding carboxylic acids is 1. The van der Waals surface area contributed by atoms with Crippen LogP contribution in [-0.4, -0.2) is 13.1 Å². The van der Waals surface area contributed by atoms with Crippen molar-refractivity contribution >= 4 is 5.97 Å². The molecule has 16 heavy (non-hydrogen) atoms. The van der Waals surface area contributed by atoms with Gasteiger partial charge in [-0.25, -0.2) is 0 Å². The molecule has 0 radical (unpaired) electrons. The Kier molecular flexibility index (Phi) is 5.57. The van der Waals surface area contributed by atoms with E-state index in [9.17, 15) is 4.79 Å². The zero-order chi connectivity index (χ0) is 11.8. The monoisotopic (exact) mass is 221 g/mol. The summed E-state index contributed by atoms with van der Waals surface area (Å²) in [5.41, 5.74) is 8.13. The molecule has 88 valence electrons. The van der Waals surface area contributed by atoms with Crippen molar-refractivity contribution in [3.8, 4) is 0 Å². The number of methoxy groups -OCH3 is 1. The average molecular weight is 221 g/mol. The highest BCUT2D eigenvalue weighted by molar-refractivity contribution is 5.68. The first-order valence-corrected chi connectivity index (χ1v) is 5.61. The molecule has 0 aromatic heterocycles. The standard InChI is InChI=1S/C13H19NO2/c1-16-13(15)9-5-4-7-11-6-2-3-8-12(11)10-14/h2-3,6,8H,4-5,7,9-10,14H2,1H3. The molecule has 0 atom stereocenters. The number of nitrogens with two attached hydrogens (primary N) is 1. The van der Waals surface area contributed by atoms with Gasteiger partial charge in [-0.2, -0.15) is 0 Å². The van der Waals surface area contributed by atoms with Crippen LogP contribution in [0.4, 0.5) is 0 Å². The number of rotatable bonds is 6. The van der Waals surface area contributed by atoms with E-state index in [2.05, 4.69) is 16.9 Å². The van der Waals surface area contributed by atoms with Gasteiger partial charge in [-0.1, -0.05) is 24.3 Å². The maximum atomic E-state index is 10.9. The van der Waals surface area contributed by atoms with Gasteiger partial charge in [-0.3, -0.25) is 4.79 Å². The number of hydrogen-bond acceptors (Lipinski definition) is 3. The topological polar surface area (TPSA) is 52.3 Å². The molecule has 0 heterocycles. The number of unbranched alkanes of at least 4 members (excludes halogenated alkanes) is 1. The number of hydrogen-bond donors (Lipinski definition) is 1. The SMILES string of the molecule is COC(=O)CCCCc1ccccc1CN. The Morgan fingerprint density at radius 2 is 1.94 bits per heavy atom. The molecule has 1 aromatic rings. The Morgan fingerprint density at radius 1 is 1.25 bits per heavy atom. The highest BCUT2D eigenvalue weighted by Gasteiger charge is 2.02. The lowest BCUT2D eigenvalue weighted by molar-refractivity contribution is -0.140. The number of ether oxygens (including phenoxy) is 1. The van der Waals surface area contributed by atoms with Crippen LogP contribution in [0.2, 0.25) is 0 Å². The summed E-state index contributed by atoms with van der Waals surface area (Å²) in [4.78, 5) is 10.9. The van der Waals surface area contributed by atoms with Crippen molar-refractivity contribution in [2.45, 2.75) is 32.2 Å². The molecule has 3 nitrogen and oxygen atoms in total. The summed E-state index contributed by atoms with van der Waals surface area (Å²) in [5, 5.41) is 0. The molecule has 0 amide bonds. The van der Waals surface area contributed by atoms with Crippen molar-refractivity contribution in [2.24, 2.45) is 5.73 Å². The van der Waals surface area contributed by atoms with Crippen molar-refractivity contribution in [2.75, 3.05) is 7.11 Å². The van der Waals surface area contributed by atoms with Crippen LogP contribution in [0.15, 0.2) is 24.3 Å². The number of carbonyl (C=O) groups is 1. The Morgan fingerprint density at radius 3 is 2.56 bits per heavy atom. The normalized spacial score (nSPS) is 10.1. The minimum absolute atomic E-state index is 0.132. The van der Waals surface area contributed by atoms with Gasteiger partial charge in [0.2, 0.25) is 0 Å². The summed E-state index contributed by atoms with van der Waals surface area (Å²) < 4.78 is 4.59. The third-order valence-corrected chi connectivity index (χ3v) is 2.64. The van der Waals surface area contributed by atoms with Gasteiger partial charge >= 0.3 is 5.97 Å². The van der Waals surface area contributed by atoms with Crippen LogP contribution in [0.5, 0.6) is 0 Å². The summed E-state index contributed by atoms with van der Waals surface area (Å²) >= 11 is 0. The first-order chi connectivity index (χ1) is 7.77. The van der Waals surface area contributed by atoms with Gasteiger partial charge in [0.25, 0.3) is 0 Å². The number of aryl methyl sites for hydroxylation is 1. The fourth-order valence-electron chi connectivity index (χ4n) is 1.69. The van der Waals surface area contributed by atoms with Gasteiger partial charge in [0, 0.05) is 13.0 Å². The molecule has 0 saturated carbocycles. The van der Waals surface area contributed by atoms with E-state index in [0.29, 0.717) is 13.0 Å². The highest BCUT2D eigenvalue weighted by atomic mass is 16.5. The quantitative estimate of drug-likeness (QED) is 0.590. The van der Waals surface area contributed by atoms with E-state index >= 15 is 0 Å². The summed E-state index contributed by atoms with van der Waals surface area (Å²) in [5.74, 6) is -0.132. The molecule has 0 aliphatic rings. The van der Waals surface area contributed by atoms with Gasteiger partial charge in [-0.15, -0.1) is 0 Å². The number of benzene rings is 1. The molecule has 2 N–H and O–H groups in total. The molecular weight excluding hydrogens is 202 g/mol. The first-order valence-electron chi connectivity index (χ1n) is 5.61. The first kappa shape index (κ1) is 12.7. The fourth-order valence-corrected chi connectivity index (χ4v) is 1.69.